The van der Waals surface area contributed by atoms with Crippen molar-refractivity contribution in [3.05, 3.63) is 118 Å². The minimum atomic E-state index is -0.544. The fourth-order valence-corrected chi connectivity index (χ4v) is 15.7. The van der Waals surface area contributed by atoms with Gasteiger partial charge < -0.3 is 19.7 Å². The van der Waals surface area contributed by atoms with Gasteiger partial charge in [-0.05, 0) is 94.8 Å². The molecule has 10 heteroatoms. The average Bonchev–Trinajstić information content (AvgIpc) is 3.95. The number of thioether (sulfide) groups is 6. The van der Waals surface area contributed by atoms with Crippen LogP contribution < -0.4 is 9.47 Å². The molecule has 3 aliphatic rings. The van der Waals surface area contributed by atoms with Crippen LogP contribution in [0.3, 0.4) is 0 Å². The fraction of sp³-hybridized carbons (Fsp3) is 0.442. The molecule has 2 N–H and O–H groups in total. The van der Waals surface area contributed by atoms with Crippen LogP contribution in [0.4, 0.5) is 0 Å². The van der Waals surface area contributed by atoms with E-state index < -0.39 is 17.6 Å². The van der Waals surface area contributed by atoms with Crippen LogP contribution >= 0.6 is 70.6 Å². The van der Waals surface area contributed by atoms with Crippen molar-refractivity contribution in [3.8, 4) is 22.6 Å². The number of aliphatic hydroxyl groups excluding tert-OH is 2. The largest absolute Gasteiger partial charge is 0.491 e. The molecule has 0 bridgehead atoms. The molecular weight excluding hydrogens is 773 g/mol. The van der Waals surface area contributed by atoms with E-state index in [0.29, 0.717) is 11.5 Å². The van der Waals surface area contributed by atoms with Crippen molar-refractivity contribution in [2.45, 2.75) is 53.5 Å². The Labute approximate surface area is 341 Å². The molecule has 0 radical (unpaired) electrons. The molecule has 2 atom stereocenters. The van der Waals surface area contributed by atoms with Crippen molar-refractivity contribution < 1.29 is 19.7 Å². The van der Waals surface area contributed by atoms with Crippen molar-refractivity contribution in [2.75, 3.05) is 59.2 Å². The SMILES string of the molecule is Cc1cc(C2(c3ccc(OCC(O)CSCCC4SCCS4)c(C)c3)c3ccccc3-c3ccccc32)ccc1OCC(O)CSCCC1SCCS1. The van der Waals surface area contributed by atoms with Crippen LogP contribution in [0.5, 0.6) is 11.5 Å². The van der Waals surface area contributed by atoms with Crippen LogP contribution in [0, 0.1) is 13.8 Å². The molecule has 53 heavy (non-hydrogen) atoms. The van der Waals surface area contributed by atoms with E-state index >= 15 is 0 Å². The van der Waals surface area contributed by atoms with Crippen LogP contribution in [0.25, 0.3) is 11.1 Å². The van der Waals surface area contributed by atoms with Gasteiger partial charge in [0, 0.05) is 34.5 Å². The van der Waals surface area contributed by atoms with E-state index in [1.807, 2.05) is 23.5 Å². The highest BCUT2D eigenvalue weighted by molar-refractivity contribution is 8.20. The van der Waals surface area contributed by atoms with E-state index in [9.17, 15) is 10.2 Å². The predicted molar refractivity (Wildman–Crippen MR) is 238 cm³/mol. The molecule has 2 heterocycles. The maximum atomic E-state index is 10.7. The molecule has 2 aliphatic heterocycles. The number of aryl methyl sites for hydroxylation is 2. The molecule has 0 spiro atoms. The Kier molecular flexibility index (Phi) is 14.3. The van der Waals surface area contributed by atoms with Crippen molar-refractivity contribution >= 4 is 70.6 Å². The molecule has 2 saturated heterocycles. The third-order valence-corrected chi connectivity index (χ3v) is 18.7. The standard InChI is InChI=1S/C43H50O4S6/c1-29-23-31(11-13-39(29)46-25-33(44)27-48-17-15-41-50-19-20-51-41)43(37-9-5-3-7-35(37)36-8-4-6-10-38(36)43)32-12-14-40(30(2)24-32)47-26-34(45)28-49-18-16-42-52-21-22-53-42/h3-14,23-24,33-34,41-42,44-45H,15-22,25-28H2,1-2H3. The summed E-state index contributed by atoms with van der Waals surface area (Å²) in [6.07, 6.45) is 1.37. The molecule has 282 valence electrons. The Balaban J connectivity index is 1.08. The molecule has 7 rings (SSSR count). The molecule has 2 fully saturated rings. The van der Waals surface area contributed by atoms with Gasteiger partial charge in [-0.3, -0.25) is 0 Å². The summed E-state index contributed by atoms with van der Waals surface area (Å²) in [6.45, 7) is 4.78. The van der Waals surface area contributed by atoms with Gasteiger partial charge in [-0.15, -0.1) is 47.0 Å². The highest BCUT2D eigenvalue weighted by Crippen LogP contribution is 2.56. The normalized spacial score (nSPS) is 17.8. The molecule has 4 nitrogen and oxygen atoms in total. The van der Waals surface area contributed by atoms with Gasteiger partial charge in [-0.1, -0.05) is 72.8 Å². The zero-order valence-corrected chi connectivity index (χ0v) is 35.4. The zero-order chi connectivity index (χ0) is 36.6. The number of aliphatic hydroxyl groups is 2. The van der Waals surface area contributed by atoms with Gasteiger partial charge in [0.2, 0.25) is 0 Å². The summed E-state index contributed by atoms with van der Waals surface area (Å²) in [4.78, 5) is 0. The van der Waals surface area contributed by atoms with E-state index in [1.165, 1.54) is 69.2 Å². The van der Waals surface area contributed by atoms with Crippen molar-refractivity contribution in [1.82, 2.24) is 0 Å². The molecule has 4 aromatic carbocycles. The van der Waals surface area contributed by atoms with Crippen molar-refractivity contribution in [3.63, 3.8) is 0 Å². The lowest BCUT2D eigenvalue weighted by molar-refractivity contribution is 0.126. The summed E-state index contributed by atoms with van der Waals surface area (Å²) in [5, 5.41) is 21.5. The Bertz CT molecular complexity index is 1680. The number of fused-ring (bicyclic) bond motifs is 3. The topological polar surface area (TPSA) is 58.9 Å². The monoisotopic (exact) mass is 822 g/mol. The Morgan fingerprint density at radius 3 is 1.45 bits per heavy atom. The number of benzene rings is 4. The first-order valence-corrected chi connectivity index (χ1v) is 25.1. The third-order valence-electron chi connectivity index (χ3n) is 10.0. The Morgan fingerprint density at radius 2 is 1.04 bits per heavy atom. The van der Waals surface area contributed by atoms with Crippen LogP contribution in [-0.4, -0.2) is 90.8 Å². The van der Waals surface area contributed by atoms with Crippen molar-refractivity contribution in [1.29, 1.82) is 0 Å². The second kappa shape index (κ2) is 19.1. The van der Waals surface area contributed by atoms with E-state index in [1.54, 1.807) is 0 Å². The Morgan fingerprint density at radius 1 is 0.623 bits per heavy atom. The van der Waals surface area contributed by atoms with Gasteiger partial charge in [0.05, 0.1) is 26.8 Å². The molecule has 4 aromatic rings. The molecular formula is C43H50O4S6. The van der Waals surface area contributed by atoms with E-state index in [4.69, 9.17) is 9.47 Å². The van der Waals surface area contributed by atoms with Gasteiger partial charge >= 0.3 is 0 Å². The molecule has 0 saturated carbocycles. The highest BCUT2D eigenvalue weighted by Gasteiger charge is 2.46. The molecule has 0 aromatic heterocycles. The quantitative estimate of drug-likeness (QED) is 0.0836. The lowest BCUT2D eigenvalue weighted by Gasteiger charge is -2.34. The highest BCUT2D eigenvalue weighted by atomic mass is 32.2. The number of hydrogen-bond acceptors (Lipinski definition) is 10. The van der Waals surface area contributed by atoms with Gasteiger partial charge in [0.25, 0.3) is 0 Å². The summed E-state index contributed by atoms with van der Waals surface area (Å²) < 4.78 is 13.9. The smallest absolute Gasteiger partial charge is 0.122 e. The molecule has 2 unspecified atom stereocenters. The van der Waals surface area contributed by atoms with Crippen LogP contribution in [0.1, 0.15) is 46.2 Å². The summed E-state index contributed by atoms with van der Waals surface area (Å²) >= 11 is 11.9. The number of hydrogen-bond donors (Lipinski definition) is 2. The Hall–Kier alpha value is -1.50. The minimum Gasteiger partial charge on any atom is -0.491 e. The van der Waals surface area contributed by atoms with Gasteiger partial charge in [-0.2, -0.15) is 23.5 Å². The fourth-order valence-electron chi connectivity index (χ4n) is 7.53. The maximum Gasteiger partial charge on any atom is 0.122 e. The molecule has 1 aliphatic carbocycles. The van der Waals surface area contributed by atoms with Crippen LogP contribution in [0.15, 0.2) is 84.9 Å². The second-order valence-corrected chi connectivity index (χ2v) is 21.9. The number of ether oxygens (including phenoxy) is 2. The molecule has 0 amide bonds. The average molecular weight is 823 g/mol. The lowest BCUT2D eigenvalue weighted by Crippen LogP contribution is -2.29. The third kappa shape index (κ3) is 9.39. The van der Waals surface area contributed by atoms with Gasteiger partial charge in [0.1, 0.15) is 24.7 Å². The maximum absolute atomic E-state index is 10.7. The first-order chi connectivity index (χ1) is 25.9. The predicted octanol–water partition coefficient (Wildman–Crippen LogP) is 10.0. The first-order valence-electron chi connectivity index (χ1n) is 18.6. The van der Waals surface area contributed by atoms with E-state index in [-0.39, 0.29) is 13.2 Å². The van der Waals surface area contributed by atoms with E-state index in [0.717, 1.165) is 43.3 Å². The summed E-state index contributed by atoms with van der Waals surface area (Å²) in [5.74, 6) is 10.2. The number of rotatable bonds is 18. The van der Waals surface area contributed by atoms with Gasteiger partial charge in [-0.25, -0.2) is 0 Å². The second-order valence-electron chi connectivity index (χ2n) is 13.8. The van der Waals surface area contributed by atoms with Crippen LogP contribution in [0.2, 0.25) is 0 Å². The van der Waals surface area contributed by atoms with Gasteiger partial charge in [0.15, 0.2) is 0 Å². The summed E-state index contributed by atoms with van der Waals surface area (Å²) in [5.41, 5.74) is 8.90. The summed E-state index contributed by atoms with van der Waals surface area (Å²) in [7, 11) is 0. The minimum absolute atomic E-state index is 0.281. The van der Waals surface area contributed by atoms with Crippen molar-refractivity contribution in [2.24, 2.45) is 0 Å². The first kappa shape index (κ1) is 39.7. The zero-order valence-electron chi connectivity index (χ0n) is 30.5. The van der Waals surface area contributed by atoms with E-state index in [2.05, 4.69) is 146 Å². The lowest BCUT2D eigenvalue weighted by atomic mass is 9.67. The van der Waals surface area contributed by atoms with Crippen LogP contribution in [-0.2, 0) is 5.41 Å². The summed E-state index contributed by atoms with van der Waals surface area (Å²) in [6, 6.07) is 30.7.